The van der Waals surface area contributed by atoms with Crippen LogP contribution in [0.2, 0.25) is 0 Å². The van der Waals surface area contributed by atoms with Crippen molar-refractivity contribution in [1.29, 1.82) is 0 Å². The van der Waals surface area contributed by atoms with Gasteiger partial charge in [-0.1, -0.05) is 0 Å². The molecule has 92 valence electrons. The maximum atomic E-state index is 11.1. The standard InChI is InChI=1S/C9H15IN2O4/c1-15-8(13)2-6-4-11-5-7(12-6)3-9(14)16-10/h6-7,11-12H,2-5H2,1H3. The molecule has 0 aromatic heterocycles. The molecule has 0 radical (unpaired) electrons. The van der Waals surface area contributed by atoms with Crippen LogP contribution in [0.5, 0.6) is 0 Å². The average Bonchev–Trinajstić information content (AvgIpc) is 2.29. The van der Waals surface area contributed by atoms with Crippen molar-refractivity contribution >= 4 is 34.9 Å². The van der Waals surface area contributed by atoms with Gasteiger partial charge in [0.2, 0.25) is 0 Å². The molecular weight excluding hydrogens is 327 g/mol. The van der Waals surface area contributed by atoms with Gasteiger partial charge in [-0.05, 0) is 0 Å². The Bertz CT molecular complexity index is 238. The molecule has 7 heteroatoms. The molecule has 6 nitrogen and oxygen atoms in total. The Morgan fingerprint density at radius 2 is 1.81 bits per heavy atom. The number of esters is 1. The van der Waals surface area contributed by atoms with Crippen molar-refractivity contribution in [2.45, 2.75) is 24.9 Å². The van der Waals surface area contributed by atoms with E-state index in [-0.39, 0.29) is 24.0 Å². The van der Waals surface area contributed by atoms with Crippen LogP contribution in [0, 0.1) is 0 Å². The summed E-state index contributed by atoms with van der Waals surface area (Å²) in [7, 11) is 1.36. The molecule has 1 aliphatic heterocycles. The number of nitrogens with one attached hydrogen (secondary N) is 2. The van der Waals surface area contributed by atoms with E-state index in [0.29, 0.717) is 25.9 Å². The van der Waals surface area contributed by atoms with E-state index in [9.17, 15) is 9.59 Å². The molecule has 0 spiro atoms. The summed E-state index contributed by atoms with van der Waals surface area (Å²) >= 11 is 1.57. The van der Waals surface area contributed by atoms with E-state index in [1.807, 2.05) is 0 Å². The van der Waals surface area contributed by atoms with Gasteiger partial charge in [0.1, 0.15) is 0 Å². The second-order valence-corrected chi connectivity index (χ2v) is 4.09. The zero-order valence-corrected chi connectivity index (χ0v) is 11.2. The van der Waals surface area contributed by atoms with Gasteiger partial charge in [0, 0.05) is 25.2 Å². The molecule has 1 fully saturated rings. The number of rotatable bonds is 4. The first kappa shape index (κ1) is 13.7. The van der Waals surface area contributed by atoms with Gasteiger partial charge in [-0.3, -0.25) is 9.59 Å². The maximum Gasteiger partial charge on any atom is 0.316 e. The molecule has 0 aromatic rings. The third kappa shape index (κ3) is 4.62. The fourth-order valence-electron chi connectivity index (χ4n) is 1.66. The molecule has 1 saturated heterocycles. The Hall–Kier alpha value is -0.410. The summed E-state index contributed by atoms with van der Waals surface area (Å²) in [5, 5.41) is 6.38. The molecule has 0 aromatic carbocycles. The van der Waals surface area contributed by atoms with Crippen molar-refractivity contribution in [1.82, 2.24) is 10.6 Å². The number of methoxy groups -OCH3 is 1. The summed E-state index contributed by atoms with van der Waals surface area (Å²) in [6.45, 7) is 1.40. The summed E-state index contributed by atoms with van der Waals surface area (Å²) in [6.07, 6.45) is 0.604. The van der Waals surface area contributed by atoms with Crippen LogP contribution in [-0.2, 0) is 17.4 Å². The largest absolute Gasteiger partial charge is 0.469 e. The van der Waals surface area contributed by atoms with E-state index in [4.69, 9.17) is 0 Å². The predicted octanol–water partition coefficient (Wildman–Crippen LogP) is -0.237. The molecule has 0 amide bonds. The molecule has 2 N–H and O–H groups in total. The minimum atomic E-state index is -0.265. The molecule has 1 rings (SSSR count). The lowest BCUT2D eigenvalue weighted by Crippen LogP contribution is -2.56. The summed E-state index contributed by atoms with van der Waals surface area (Å²) in [5.41, 5.74) is 0. The summed E-state index contributed by atoms with van der Waals surface area (Å²) in [4.78, 5) is 22.2. The normalized spacial score (nSPS) is 24.9. The van der Waals surface area contributed by atoms with Crippen LogP contribution in [0.15, 0.2) is 0 Å². The van der Waals surface area contributed by atoms with Crippen molar-refractivity contribution < 1.29 is 17.4 Å². The minimum absolute atomic E-state index is 0.00525. The van der Waals surface area contributed by atoms with E-state index in [1.165, 1.54) is 7.11 Å². The average molecular weight is 342 g/mol. The van der Waals surface area contributed by atoms with Gasteiger partial charge in [-0.2, -0.15) is 0 Å². The SMILES string of the molecule is COC(=O)CC1CNCC(CC(=O)OI)N1. The highest BCUT2D eigenvalue weighted by Gasteiger charge is 2.24. The van der Waals surface area contributed by atoms with Crippen LogP contribution in [-0.4, -0.2) is 44.2 Å². The van der Waals surface area contributed by atoms with E-state index >= 15 is 0 Å². The van der Waals surface area contributed by atoms with Gasteiger partial charge in [-0.25, -0.2) is 0 Å². The number of hydrogen-bond donors (Lipinski definition) is 2. The molecule has 1 aliphatic rings. The van der Waals surface area contributed by atoms with Gasteiger partial charge >= 0.3 is 11.9 Å². The molecule has 16 heavy (non-hydrogen) atoms. The van der Waals surface area contributed by atoms with Crippen LogP contribution < -0.4 is 10.6 Å². The first-order valence-electron chi connectivity index (χ1n) is 5.00. The predicted molar refractivity (Wildman–Crippen MR) is 64.9 cm³/mol. The molecular formula is C9H15IN2O4. The Balaban J connectivity index is 2.35. The summed E-state index contributed by atoms with van der Waals surface area (Å²) in [6, 6.07) is 0.0129. The van der Waals surface area contributed by atoms with E-state index in [2.05, 4.69) is 18.4 Å². The van der Waals surface area contributed by atoms with Crippen molar-refractivity contribution in [3.8, 4) is 0 Å². The molecule has 2 atom stereocenters. The molecule has 0 saturated carbocycles. The Kier molecular flexibility index (Phi) is 5.99. The van der Waals surface area contributed by atoms with Gasteiger partial charge in [-0.15, -0.1) is 0 Å². The highest BCUT2D eigenvalue weighted by atomic mass is 127. The van der Waals surface area contributed by atoms with E-state index in [0.717, 1.165) is 0 Å². The van der Waals surface area contributed by atoms with Crippen molar-refractivity contribution in [3.63, 3.8) is 0 Å². The monoisotopic (exact) mass is 342 g/mol. The smallest absolute Gasteiger partial charge is 0.316 e. The zero-order chi connectivity index (χ0) is 12.0. The number of carbonyl (C=O) groups excluding carboxylic acids is 2. The van der Waals surface area contributed by atoms with Crippen molar-refractivity contribution in [2.75, 3.05) is 20.2 Å². The topological polar surface area (TPSA) is 76.7 Å². The highest BCUT2D eigenvalue weighted by Crippen LogP contribution is 2.05. The third-order valence-corrected chi connectivity index (χ3v) is 2.88. The first-order chi connectivity index (χ1) is 7.65. The second-order valence-electron chi connectivity index (χ2n) is 3.65. The van der Waals surface area contributed by atoms with Gasteiger partial charge in [0.25, 0.3) is 0 Å². The number of ether oxygens (including phenoxy) is 1. The van der Waals surface area contributed by atoms with E-state index < -0.39 is 0 Å². The summed E-state index contributed by atoms with van der Waals surface area (Å²) < 4.78 is 9.15. The van der Waals surface area contributed by atoms with Gasteiger partial charge < -0.3 is 18.4 Å². The Morgan fingerprint density at radius 1 is 1.25 bits per heavy atom. The van der Waals surface area contributed by atoms with Crippen LogP contribution in [0.3, 0.4) is 0 Å². The molecule has 2 unspecified atom stereocenters. The lowest BCUT2D eigenvalue weighted by Gasteiger charge is -2.30. The van der Waals surface area contributed by atoms with E-state index in [1.54, 1.807) is 23.0 Å². The third-order valence-electron chi connectivity index (χ3n) is 2.39. The number of piperazine rings is 1. The fourth-order valence-corrected chi connectivity index (χ4v) is 1.84. The molecule has 0 aliphatic carbocycles. The van der Waals surface area contributed by atoms with Gasteiger partial charge in [0.15, 0.2) is 23.0 Å². The van der Waals surface area contributed by atoms with Crippen molar-refractivity contribution in [3.05, 3.63) is 0 Å². The van der Waals surface area contributed by atoms with Gasteiger partial charge in [0.05, 0.1) is 20.0 Å². The second kappa shape index (κ2) is 7.02. The maximum absolute atomic E-state index is 11.1. The molecule has 0 bridgehead atoms. The zero-order valence-electron chi connectivity index (χ0n) is 8.99. The van der Waals surface area contributed by atoms with Crippen LogP contribution in [0.25, 0.3) is 0 Å². The number of hydrogen-bond acceptors (Lipinski definition) is 6. The Morgan fingerprint density at radius 3 is 2.31 bits per heavy atom. The highest BCUT2D eigenvalue weighted by molar-refractivity contribution is 14.1. The van der Waals surface area contributed by atoms with Crippen LogP contribution >= 0.6 is 23.0 Å². The lowest BCUT2D eigenvalue weighted by molar-refractivity contribution is -0.141. The lowest BCUT2D eigenvalue weighted by atomic mass is 10.1. The quantitative estimate of drug-likeness (QED) is 0.543. The van der Waals surface area contributed by atoms with Crippen molar-refractivity contribution in [2.24, 2.45) is 0 Å². The van der Waals surface area contributed by atoms with Crippen LogP contribution in [0.4, 0.5) is 0 Å². The summed E-state index contributed by atoms with van der Waals surface area (Å²) in [5.74, 6) is -0.518. The van der Waals surface area contributed by atoms with Crippen LogP contribution in [0.1, 0.15) is 12.8 Å². The fraction of sp³-hybridized carbons (Fsp3) is 0.778. The minimum Gasteiger partial charge on any atom is -0.469 e. The molecule has 1 heterocycles. The Labute approximate surface area is 108 Å². The number of halogens is 1. The number of carbonyl (C=O) groups is 2. The first-order valence-corrected chi connectivity index (χ1v) is 5.88.